The SMILES string of the molecule is CC(=O)NC(C1=C(O)CC(C)(C)CC1=O)c1ccccc1[N+](=O)[O-]. The zero-order valence-electron chi connectivity index (χ0n) is 13.8. The quantitative estimate of drug-likeness (QED) is 0.650. The van der Waals surface area contributed by atoms with E-state index < -0.39 is 22.3 Å². The number of nitrogens with one attached hydrogen (secondary N) is 1. The van der Waals surface area contributed by atoms with Gasteiger partial charge >= 0.3 is 0 Å². The number of ketones is 1. The average Bonchev–Trinajstić information content (AvgIpc) is 2.43. The predicted molar refractivity (Wildman–Crippen MR) is 87.3 cm³/mol. The summed E-state index contributed by atoms with van der Waals surface area (Å²) in [6.45, 7) is 4.98. The van der Waals surface area contributed by atoms with Crippen molar-refractivity contribution < 1.29 is 19.6 Å². The lowest BCUT2D eigenvalue weighted by Gasteiger charge is -2.32. The highest BCUT2D eigenvalue weighted by Crippen LogP contribution is 2.41. The summed E-state index contributed by atoms with van der Waals surface area (Å²) in [5.41, 5.74) is -0.408. The monoisotopic (exact) mass is 332 g/mol. The number of allylic oxidation sites excluding steroid dienone is 1. The third-order valence-corrected chi connectivity index (χ3v) is 3.98. The van der Waals surface area contributed by atoms with Gasteiger partial charge in [-0.05, 0) is 11.5 Å². The minimum absolute atomic E-state index is 0.0267. The molecular formula is C17H20N2O5. The second-order valence-corrected chi connectivity index (χ2v) is 6.75. The van der Waals surface area contributed by atoms with Crippen molar-refractivity contribution in [3.63, 3.8) is 0 Å². The van der Waals surface area contributed by atoms with Crippen molar-refractivity contribution >= 4 is 17.4 Å². The minimum atomic E-state index is -1.05. The first-order chi connectivity index (χ1) is 11.1. The summed E-state index contributed by atoms with van der Waals surface area (Å²) in [6, 6.07) is 4.83. The Kier molecular flexibility index (Phi) is 4.73. The fourth-order valence-electron chi connectivity index (χ4n) is 3.04. The molecule has 2 rings (SSSR count). The normalized spacial score (nSPS) is 18.2. The number of aliphatic hydroxyl groups excluding tert-OH is 1. The summed E-state index contributed by atoms with van der Waals surface area (Å²) in [4.78, 5) is 34.9. The second-order valence-electron chi connectivity index (χ2n) is 6.75. The molecule has 24 heavy (non-hydrogen) atoms. The molecule has 128 valence electrons. The fraction of sp³-hybridized carbons (Fsp3) is 0.412. The van der Waals surface area contributed by atoms with Gasteiger partial charge in [0.05, 0.1) is 22.1 Å². The van der Waals surface area contributed by atoms with E-state index in [-0.39, 0.29) is 41.2 Å². The third-order valence-electron chi connectivity index (χ3n) is 3.98. The topological polar surface area (TPSA) is 110 Å². The number of carbonyl (C=O) groups excluding carboxylic acids is 2. The maximum absolute atomic E-state index is 12.6. The van der Waals surface area contributed by atoms with Gasteiger partial charge in [0.25, 0.3) is 5.69 Å². The van der Waals surface area contributed by atoms with E-state index in [2.05, 4.69) is 5.32 Å². The van der Waals surface area contributed by atoms with Crippen LogP contribution in [-0.4, -0.2) is 21.7 Å². The van der Waals surface area contributed by atoms with Gasteiger partial charge in [0.2, 0.25) is 5.91 Å². The molecule has 0 heterocycles. The molecule has 2 N–H and O–H groups in total. The summed E-state index contributed by atoms with van der Waals surface area (Å²) in [5.74, 6) is -0.898. The number of hydrogen-bond acceptors (Lipinski definition) is 5. The highest BCUT2D eigenvalue weighted by molar-refractivity contribution is 5.99. The molecule has 1 aliphatic carbocycles. The first-order valence-electron chi connectivity index (χ1n) is 7.58. The minimum Gasteiger partial charge on any atom is -0.512 e. The summed E-state index contributed by atoms with van der Waals surface area (Å²) in [6.07, 6.45) is 0.466. The number of nitro benzene ring substituents is 1. The smallest absolute Gasteiger partial charge is 0.275 e. The number of carbonyl (C=O) groups is 2. The van der Waals surface area contributed by atoms with Crippen molar-refractivity contribution in [2.75, 3.05) is 0 Å². The molecule has 7 heteroatoms. The van der Waals surface area contributed by atoms with E-state index in [0.717, 1.165) is 0 Å². The third kappa shape index (κ3) is 3.61. The Bertz CT molecular complexity index is 736. The maximum Gasteiger partial charge on any atom is 0.275 e. The Balaban J connectivity index is 2.61. The number of rotatable bonds is 4. The lowest BCUT2D eigenvalue weighted by molar-refractivity contribution is -0.385. The zero-order valence-corrected chi connectivity index (χ0v) is 13.8. The van der Waals surface area contributed by atoms with Crippen LogP contribution in [0, 0.1) is 15.5 Å². The number of nitrogens with zero attached hydrogens (tertiary/aromatic N) is 1. The molecule has 0 aromatic heterocycles. The van der Waals surface area contributed by atoms with Gasteiger partial charge in [-0.25, -0.2) is 0 Å². The fourth-order valence-corrected chi connectivity index (χ4v) is 3.04. The van der Waals surface area contributed by atoms with Gasteiger partial charge in [-0.2, -0.15) is 0 Å². The Labute approximate surface area is 139 Å². The molecule has 1 aliphatic rings. The molecule has 0 saturated carbocycles. The van der Waals surface area contributed by atoms with E-state index in [4.69, 9.17) is 0 Å². The molecule has 1 atom stereocenters. The van der Waals surface area contributed by atoms with Crippen LogP contribution in [0.1, 0.15) is 45.2 Å². The van der Waals surface area contributed by atoms with Crippen LogP contribution >= 0.6 is 0 Å². The highest BCUT2D eigenvalue weighted by atomic mass is 16.6. The van der Waals surface area contributed by atoms with E-state index in [0.29, 0.717) is 0 Å². The lowest BCUT2D eigenvalue weighted by atomic mass is 9.74. The van der Waals surface area contributed by atoms with Crippen molar-refractivity contribution in [1.82, 2.24) is 5.32 Å². The Morgan fingerprint density at radius 3 is 2.50 bits per heavy atom. The molecule has 0 aliphatic heterocycles. The summed E-state index contributed by atoms with van der Waals surface area (Å²) in [7, 11) is 0. The van der Waals surface area contributed by atoms with Crippen LogP contribution in [0.15, 0.2) is 35.6 Å². The van der Waals surface area contributed by atoms with Crippen molar-refractivity contribution in [1.29, 1.82) is 0 Å². The number of benzene rings is 1. The van der Waals surface area contributed by atoms with Crippen LogP contribution in [0.5, 0.6) is 0 Å². The summed E-state index contributed by atoms with van der Waals surface area (Å²) in [5, 5.41) is 24.2. The number of para-hydroxylation sites is 1. The molecule has 0 spiro atoms. The molecule has 1 amide bonds. The van der Waals surface area contributed by atoms with Gasteiger partial charge in [0, 0.05) is 25.8 Å². The summed E-state index contributed by atoms with van der Waals surface area (Å²) < 4.78 is 0. The molecule has 0 fully saturated rings. The van der Waals surface area contributed by atoms with Crippen molar-refractivity contribution in [2.45, 2.75) is 39.7 Å². The standard InChI is InChI=1S/C17H20N2O5/c1-10(20)18-16(11-6-4-5-7-12(11)19(23)24)15-13(21)8-17(2,3)9-14(15)22/h4-7,16,21H,8-9H2,1-3H3,(H,18,20). The van der Waals surface area contributed by atoms with Crippen molar-refractivity contribution in [2.24, 2.45) is 5.41 Å². The van der Waals surface area contributed by atoms with Gasteiger partial charge < -0.3 is 10.4 Å². The van der Waals surface area contributed by atoms with Crippen molar-refractivity contribution in [3.05, 3.63) is 51.3 Å². The van der Waals surface area contributed by atoms with Crippen LogP contribution in [0.4, 0.5) is 5.69 Å². The number of amides is 1. The van der Waals surface area contributed by atoms with E-state index in [9.17, 15) is 24.8 Å². The number of hydrogen-bond donors (Lipinski definition) is 2. The van der Waals surface area contributed by atoms with Crippen molar-refractivity contribution in [3.8, 4) is 0 Å². The lowest BCUT2D eigenvalue weighted by Crippen LogP contribution is -2.35. The molecule has 1 aromatic carbocycles. The number of Topliss-reactive ketones (excluding diaryl/α,β-unsaturated/α-hetero) is 1. The van der Waals surface area contributed by atoms with E-state index in [1.165, 1.54) is 25.1 Å². The molecule has 0 saturated heterocycles. The van der Waals surface area contributed by atoms with Gasteiger partial charge in [-0.15, -0.1) is 0 Å². The van der Waals surface area contributed by atoms with E-state index in [1.54, 1.807) is 6.07 Å². The molecule has 0 bridgehead atoms. The largest absolute Gasteiger partial charge is 0.512 e. The first kappa shape index (κ1) is 17.7. The van der Waals surface area contributed by atoms with Gasteiger partial charge in [-0.1, -0.05) is 26.0 Å². The molecule has 1 unspecified atom stereocenters. The maximum atomic E-state index is 12.6. The van der Waals surface area contributed by atoms with Crippen LogP contribution in [0.2, 0.25) is 0 Å². The summed E-state index contributed by atoms with van der Waals surface area (Å²) >= 11 is 0. The van der Waals surface area contributed by atoms with E-state index in [1.807, 2.05) is 13.8 Å². The van der Waals surface area contributed by atoms with E-state index >= 15 is 0 Å². The van der Waals surface area contributed by atoms with Crippen LogP contribution in [0.25, 0.3) is 0 Å². The molecule has 1 aromatic rings. The van der Waals surface area contributed by atoms with Gasteiger partial charge in [0.1, 0.15) is 5.76 Å². The van der Waals surface area contributed by atoms with Crippen LogP contribution < -0.4 is 5.32 Å². The molecular weight excluding hydrogens is 312 g/mol. The van der Waals surface area contributed by atoms with Crippen LogP contribution in [0.3, 0.4) is 0 Å². The Hall–Kier alpha value is -2.70. The van der Waals surface area contributed by atoms with Crippen LogP contribution in [-0.2, 0) is 9.59 Å². The Morgan fingerprint density at radius 2 is 1.96 bits per heavy atom. The Morgan fingerprint density at radius 1 is 1.33 bits per heavy atom. The number of nitro groups is 1. The predicted octanol–water partition coefficient (Wildman–Crippen LogP) is 2.97. The number of aliphatic hydroxyl groups is 1. The van der Waals surface area contributed by atoms with Gasteiger partial charge in [-0.3, -0.25) is 19.7 Å². The zero-order chi connectivity index (χ0) is 18.1. The average molecular weight is 332 g/mol. The van der Waals surface area contributed by atoms with Gasteiger partial charge in [0.15, 0.2) is 5.78 Å². The molecule has 7 nitrogen and oxygen atoms in total. The highest BCUT2D eigenvalue weighted by Gasteiger charge is 2.39. The molecule has 0 radical (unpaired) electrons. The second kappa shape index (κ2) is 6.43. The first-order valence-corrected chi connectivity index (χ1v) is 7.58.